The Balaban J connectivity index is 1.50. The van der Waals surface area contributed by atoms with E-state index in [4.69, 9.17) is 4.74 Å². The minimum Gasteiger partial charge on any atom is -0.492 e. The van der Waals surface area contributed by atoms with Gasteiger partial charge in [0.2, 0.25) is 11.8 Å². The third-order valence-electron chi connectivity index (χ3n) is 5.53. The molecule has 0 saturated carbocycles. The van der Waals surface area contributed by atoms with E-state index in [0.717, 1.165) is 20.9 Å². The molecule has 2 atom stereocenters. The SMILES string of the molecule is CCOc1ccccc1N1C[C@@H](C(=O)N(C)[C@H](C)c2nc3ccccc3s2)CC1=O. The maximum absolute atomic E-state index is 13.2. The highest BCUT2D eigenvalue weighted by Crippen LogP contribution is 2.35. The summed E-state index contributed by atoms with van der Waals surface area (Å²) in [6.45, 7) is 4.77. The van der Waals surface area contributed by atoms with Gasteiger partial charge >= 0.3 is 0 Å². The Morgan fingerprint density at radius 2 is 2.00 bits per heavy atom. The zero-order valence-corrected chi connectivity index (χ0v) is 18.2. The predicted octanol–water partition coefficient (Wildman–Crippen LogP) is 4.27. The number of nitrogens with zero attached hydrogens (tertiary/aromatic N) is 3. The number of hydrogen-bond acceptors (Lipinski definition) is 5. The third-order valence-corrected chi connectivity index (χ3v) is 6.73. The van der Waals surface area contributed by atoms with Crippen molar-refractivity contribution in [2.75, 3.05) is 25.1 Å². The van der Waals surface area contributed by atoms with Crippen molar-refractivity contribution in [2.45, 2.75) is 26.3 Å². The number of ether oxygens (including phenoxy) is 1. The number of rotatable bonds is 6. The molecule has 2 aromatic carbocycles. The van der Waals surface area contributed by atoms with Gasteiger partial charge in [-0.05, 0) is 38.1 Å². The van der Waals surface area contributed by atoms with Crippen LogP contribution in [0.1, 0.15) is 31.3 Å². The van der Waals surface area contributed by atoms with Gasteiger partial charge in [0.25, 0.3) is 0 Å². The molecule has 1 fully saturated rings. The number of benzene rings is 2. The number of hydrogen-bond donors (Lipinski definition) is 0. The van der Waals surface area contributed by atoms with Crippen LogP contribution < -0.4 is 9.64 Å². The maximum Gasteiger partial charge on any atom is 0.228 e. The summed E-state index contributed by atoms with van der Waals surface area (Å²) in [5, 5.41) is 0.898. The van der Waals surface area contributed by atoms with Gasteiger partial charge in [-0.25, -0.2) is 4.98 Å². The van der Waals surface area contributed by atoms with Gasteiger partial charge in [0.05, 0.1) is 34.5 Å². The normalized spacial score (nSPS) is 17.4. The predicted molar refractivity (Wildman–Crippen MR) is 119 cm³/mol. The molecule has 0 bridgehead atoms. The summed E-state index contributed by atoms with van der Waals surface area (Å²) in [4.78, 5) is 34.0. The highest BCUT2D eigenvalue weighted by atomic mass is 32.1. The Bertz CT molecular complexity index is 1050. The fourth-order valence-electron chi connectivity index (χ4n) is 3.78. The van der Waals surface area contributed by atoms with Gasteiger partial charge in [-0.2, -0.15) is 0 Å². The molecule has 2 amide bonds. The highest BCUT2D eigenvalue weighted by molar-refractivity contribution is 7.18. The van der Waals surface area contributed by atoms with Crippen molar-refractivity contribution < 1.29 is 14.3 Å². The average Bonchev–Trinajstić information content (AvgIpc) is 3.36. The van der Waals surface area contributed by atoms with Crippen LogP contribution in [-0.4, -0.2) is 41.9 Å². The smallest absolute Gasteiger partial charge is 0.228 e. The van der Waals surface area contributed by atoms with Crippen LogP contribution in [0.25, 0.3) is 10.2 Å². The van der Waals surface area contributed by atoms with E-state index < -0.39 is 0 Å². The molecule has 1 saturated heterocycles. The van der Waals surface area contributed by atoms with Gasteiger partial charge in [0.1, 0.15) is 10.8 Å². The zero-order chi connectivity index (χ0) is 21.3. The first-order valence-electron chi connectivity index (χ1n) is 10.1. The van der Waals surface area contributed by atoms with Crippen molar-refractivity contribution in [3.05, 3.63) is 53.5 Å². The number of carbonyl (C=O) groups is 2. The van der Waals surface area contributed by atoms with Crippen molar-refractivity contribution in [3.8, 4) is 5.75 Å². The topological polar surface area (TPSA) is 62.7 Å². The fraction of sp³-hybridized carbons (Fsp3) is 0.348. The van der Waals surface area contributed by atoms with E-state index in [1.54, 1.807) is 28.2 Å². The van der Waals surface area contributed by atoms with Crippen LogP contribution in [0.4, 0.5) is 5.69 Å². The molecule has 0 N–H and O–H groups in total. The molecule has 0 unspecified atom stereocenters. The summed E-state index contributed by atoms with van der Waals surface area (Å²) < 4.78 is 6.78. The summed E-state index contributed by atoms with van der Waals surface area (Å²) in [6.07, 6.45) is 0.205. The lowest BCUT2D eigenvalue weighted by atomic mass is 10.1. The molecular weight excluding hydrogens is 398 g/mol. The van der Waals surface area contributed by atoms with E-state index in [-0.39, 0.29) is 30.2 Å². The largest absolute Gasteiger partial charge is 0.492 e. The molecule has 1 aliphatic rings. The van der Waals surface area contributed by atoms with Crippen molar-refractivity contribution in [1.29, 1.82) is 0 Å². The fourth-order valence-corrected chi connectivity index (χ4v) is 4.84. The van der Waals surface area contributed by atoms with Gasteiger partial charge in [-0.3, -0.25) is 9.59 Å². The Labute approximate surface area is 180 Å². The number of amides is 2. The summed E-state index contributed by atoms with van der Waals surface area (Å²) in [5.41, 5.74) is 1.67. The summed E-state index contributed by atoms with van der Waals surface area (Å²) >= 11 is 1.60. The summed E-state index contributed by atoms with van der Waals surface area (Å²) in [6, 6.07) is 15.3. The Morgan fingerprint density at radius 1 is 1.27 bits per heavy atom. The average molecular weight is 424 g/mol. The number of fused-ring (bicyclic) bond motifs is 1. The molecule has 0 radical (unpaired) electrons. The van der Waals surface area contributed by atoms with E-state index in [1.807, 2.05) is 62.4 Å². The summed E-state index contributed by atoms with van der Waals surface area (Å²) in [5.74, 6) is 0.194. The molecule has 0 spiro atoms. The van der Waals surface area contributed by atoms with Crippen LogP contribution in [0.5, 0.6) is 5.75 Å². The van der Waals surface area contributed by atoms with E-state index >= 15 is 0 Å². The standard InChI is InChI=1S/C23H25N3O3S/c1-4-29-19-11-7-6-10-18(19)26-14-16(13-21(26)27)23(28)25(3)15(2)22-24-17-9-5-8-12-20(17)30-22/h5-12,15-16H,4,13-14H2,1-3H3/t15-,16+/m1/s1. The van der Waals surface area contributed by atoms with Crippen LogP contribution in [-0.2, 0) is 9.59 Å². The first kappa shape index (κ1) is 20.3. The van der Waals surface area contributed by atoms with Crippen molar-refractivity contribution in [2.24, 2.45) is 5.92 Å². The maximum atomic E-state index is 13.2. The van der Waals surface area contributed by atoms with E-state index in [0.29, 0.717) is 18.9 Å². The lowest BCUT2D eigenvalue weighted by molar-refractivity contribution is -0.136. The van der Waals surface area contributed by atoms with Crippen LogP contribution in [0.2, 0.25) is 0 Å². The van der Waals surface area contributed by atoms with Crippen LogP contribution in [0.15, 0.2) is 48.5 Å². The zero-order valence-electron chi connectivity index (χ0n) is 17.4. The molecule has 7 heteroatoms. The molecule has 3 aromatic rings. The molecule has 4 rings (SSSR count). The monoisotopic (exact) mass is 423 g/mol. The van der Waals surface area contributed by atoms with E-state index in [9.17, 15) is 9.59 Å². The molecule has 30 heavy (non-hydrogen) atoms. The van der Waals surface area contributed by atoms with Crippen molar-refractivity contribution in [3.63, 3.8) is 0 Å². The molecule has 6 nitrogen and oxygen atoms in total. The van der Waals surface area contributed by atoms with Crippen LogP contribution >= 0.6 is 11.3 Å². The molecule has 0 aliphatic carbocycles. The first-order chi connectivity index (χ1) is 14.5. The second-order valence-electron chi connectivity index (χ2n) is 7.45. The van der Waals surface area contributed by atoms with Gasteiger partial charge in [0, 0.05) is 20.0 Å². The first-order valence-corrected chi connectivity index (χ1v) is 11.0. The molecule has 1 aliphatic heterocycles. The number of para-hydroxylation sites is 3. The van der Waals surface area contributed by atoms with Gasteiger partial charge in [-0.15, -0.1) is 11.3 Å². The Kier molecular flexibility index (Phi) is 5.72. The number of aromatic nitrogens is 1. The van der Waals surface area contributed by atoms with Gasteiger partial charge < -0.3 is 14.5 Å². The molecular formula is C23H25N3O3S. The van der Waals surface area contributed by atoms with E-state index in [2.05, 4.69) is 4.98 Å². The second kappa shape index (κ2) is 8.44. The van der Waals surface area contributed by atoms with Crippen molar-refractivity contribution >= 4 is 39.1 Å². The highest BCUT2D eigenvalue weighted by Gasteiger charge is 2.38. The van der Waals surface area contributed by atoms with Gasteiger partial charge in [-0.1, -0.05) is 24.3 Å². The number of anilines is 1. The Hall–Kier alpha value is -2.93. The lowest BCUT2D eigenvalue weighted by Crippen LogP contribution is -2.36. The minimum atomic E-state index is -0.381. The van der Waals surface area contributed by atoms with Crippen LogP contribution in [0.3, 0.4) is 0 Å². The quantitative estimate of drug-likeness (QED) is 0.594. The van der Waals surface area contributed by atoms with Crippen molar-refractivity contribution in [1.82, 2.24) is 9.88 Å². The third kappa shape index (κ3) is 3.77. The Morgan fingerprint density at radius 3 is 2.77 bits per heavy atom. The van der Waals surface area contributed by atoms with Gasteiger partial charge in [0.15, 0.2) is 0 Å². The molecule has 1 aromatic heterocycles. The molecule has 2 heterocycles. The summed E-state index contributed by atoms with van der Waals surface area (Å²) in [7, 11) is 1.79. The van der Waals surface area contributed by atoms with E-state index in [1.165, 1.54) is 0 Å². The second-order valence-corrected chi connectivity index (χ2v) is 8.51. The number of carbonyl (C=O) groups excluding carboxylic acids is 2. The lowest BCUT2D eigenvalue weighted by Gasteiger charge is -2.26. The van der Waals surface area contributed by atoms with Crippen LogP contribution in [0, 0.1) is 5.92 Å². The number of thiazole rings is 1. The minimum absolute atomic E-state index is 0.0357. The molecule has 156 valence electrons.